The number of hydrogen-bond donors (Lipinski definition) is 9. The lowest BCUT2D eigenvalue weighted by atomic mass is 9.76. The molecule has 0 radical (unpaired) electrons. The smallest absolute Gasteiger partial charge is 0.416 e. The number of aliphatic carboxylic acids is 3. The summed E-state index contributed by atoms with van der Waals surface area (Å²) < 4.78 is 11.8. The topological polar surface area (TPSA) is 407 Å². The zero-order valence-electron chi connectivity index (χ0n) is 54.2. The molecule has 8 heterocycles. The predicted octanol–water partition coefficient (Wildman–Crippen LogP) is 10.2. The number of rotatable bonds is 21. The number of aliphatic hydroxyl groups is 1. The average molecular weight is 1470 g/mol. The third-order valence-electron chi connectivity index (χ3n) is 16.6. The van der Waals surface area contributed by atoms with Gasteiger partial charge in [0.2, 0.25) is 11.8 Å². The molecule has 1 saturated carbocycles. The van der Waals surface area contributed by atoms with Crippen LogP contribution < -0.4 is 31.5 Å². The van der Waals surface area contributed by atoms with Crippen molar-refractivity contribution in [2.75, 3.05) is 32.1 Å². The number of aliphatic hydroxyl groups excluding tert-OH is 1. The Balaban J connectivity index is 1.04. The highest BCUT2D eigenvalue weighted by Gasteiger charge is 2.42. The third-order valence-corrected chi connectivity index (χ3v) is 22.3. The summed E-state index contributed by atoms with van der Waals surface area (Å²) in [4.78, 5) is 156. The van der Waals surface area contributed by atoms with E-state index in [0.29, 0.717) is 75.8 Å². The molecule has 10 bridgehead atoms. The zero-order valence-corrected chi connectivity index (χ0v) is 59.1. The summed E-state index contributed by atoms with van der Waals surface area (Å²) >= 11 is 6.90. The number of thiazole rings is 6. The third kappa shape index (κ3) is 17.9. The number of hydrogen-bond acceptors (Lipinski definition) is 25. The van der Waals surface area contributed by atoms with Gasteiger partial charge in [-0.2, -0.15) is 0 Å². The van der Waals surface area contributed by atoms with Crippen LogP contribution in [0.3, 0.4) is 0 Å². The highest BCUT2D eigenvalue weighted by Crippen LogP contribution is 2.43. The van der Waals surface area contributed by atoms with Crippen LogP contribution in [0.25, 0.3) is 43.4 Å². The van der Waals surface area contributed by atoms with Gasteiger partial charge in [-0.05, 0) is 88.3 Å². The summed E-state index contributed by atoms with van der Waals surface area (Å²) in [5.74, 6) is -6.79. The van der Waals surface area contributed by atoms with Gasteiger partial charge in [0.15, 0.2) is 0 Å². The summed E-state index contributed by atoms with van der Waals surface area (Å²) in [5.41, 5.74) is 1.03. The van der Waals surface area contributed by atoms with E-state index >= 15 is 0 Å². The van der Waals surface area contributed by atoms with Gasteiger partial charge in [0, 0.05) is 65.5 Å². The molecule has 8 aromatic rings. The molecule has 0 unspecified atom stereocenters. The number of ether oxygens (including phenoxy) is 2. The van der Waals surface area contributed by atoms with Gasteiger partial charge >= 0.3 is 24.0 Å². The van der Waals surface area contributed by atoms with Crippen molar-refractivity contribution in [3.63, 3.8) is 0 Å². The van der Waals surface area contributed by atoms with Gasteiger partial charge < -0.3 is 56.5 Å². The number of nitrogens with zero attached hydrogens (tertiary/aromatic N) is 8. The number of amides is 6. The molecule has 9 N–H and O–H groups in total. The van der Waals surface area contributed by atoms with E-state index < -0.39 is 95.8 Å². The Morgan fingerprint density at radius 1 is 0.677 bits per heavy atom. The monoisotopic (exact) mass is 1470 g/mol. The first-order valence-corrected chi connectivity index (χ1v) is 36.8. The van der Waals surface area contributed by atoms with E-state index in [1.807, 2.05) is 13.8 Å². The first-order valence-electron chi connectivity index (χ1n) is 31.6. The second-order valence-corrected chi connectivity index (χ2v) is 29.7. The van der Waals surface area contributed by atoms with Crippen LogP contribution in [0.1, 0.15) is 177 Å². The standard InChI is InChI=1S/C65H71N13O15S6/c1-32(2)48-62-77-51(42(99-62)27-92-5)55(87)67-26-45(80)74-52(53(85)34-13-7-6-8-14-34)61-72-41(30-96-61)59-70-39(28-95-59)50-36(57-71-40(29-94-57)54(86)69-38(25-44(79)66-4)60-76-49(33(3)98-60)56(88)75-48)17-18-37(68-50)58-73-43(31-97-58)78(24-12-10-16-47(83)84)64(91)93-65(21-11-9-15-46(81)82)22-19-35(20-23-65)63(89)90/h6-8,13-14,17-18,28-32,35,38,48,52-53,85H,9-12,15-16,19-27H2,1-5H3,(H,66,79)(H,67,87)(H,69,86)(H,74,80)(H,75,88)(H,81,82)(H,83,84)(H,89,90)/t35?,38-,48-,52-,53-,65?/m0/s1. The summed E-state index contributed by atoms with van der Waals surface area (Å²) in [5, 5.41) is 63.4. The fourth-order valence-electron chi connectivity index (χ4n) is 11.3. The van der Waals surface area contributed by atoms with Crippen molar-refractivity contribution < 1.29 is 73.1 Å². The van der Waals surface area contributed by atoms with Gasteiger partial charge in [-0.25, -0.2) is 39.7 Å². The van der Waals surface area contributed by atoms with Crippen LogP contribution in [0.15, 0.2) is 64.0 Å². The van der Waals surface area contributed by atoms with Crippen molar-refractivity contribution in [2.45, 2.75) is 134 Å². The first-order chi connectivity index (χ1) is 47.5. The number of carbonyl (C=O) groups excluding carboxylic acids is 6. The van der Waals surface area contributed by atoms with Crippen molar-refractivity contribution in [3.8, 4) is 43.4 Å². The lowest BCUT2D eigenvalue weighted by Gasteiger charge is -2.40. The van der Waals surface area contributed by atoms with E-state index in [0.717, 1.165) is 56.7 Å². The Bertz CT molecular complexity index is 4270. The average Bonchev–Trinajstić information content (AvgIpc) is 1.74. The number of pyridine rings is 1. The van der Waals surface area contributed by atoms with E-state index in [1.165, 1.54) is 30.4 Å². The number of benzene rings is 1. The maximum absolute atomic E-state index is 14.6. The molecule has 522 valence electrons. The fourth-order valence-corrected chi connectivity index (χ4v) is 16.9. The highest BCUT2D eigenvalue weighted by molar-refractivity contribution is 7.15. The molecule has 7 aromatic heterocycles. The minimum absolute atomic E-state index is 0.00586. The van der Waals surface area contributed by atoms with E-state index in [4.69, 9.17) is 44.4 Å². The van der Waals surface area contributed by atoms with Gasteiger partial charge in [0.1, 0.15) is 87.8 Å². The number of nitrogens with one attached hydrogen (secondary N) is 5. The molecule has 1 aliphatic heterocycles. The molecule has 4 atom stereocenters. The number of carbonyl (C=O) groups is 9. The molecule has 1 fully saturated rings. The zero-order chi connectivity index (χ0) is 70.7. The fraction of sp³-hybridized carbons (Fsp3) is 0.415. The molecule has 34 heteroatoms. The first kappa shape index (κ1) is 72.8. The predicted molar refractivity (Wildman–Crippen MR) is 371 cm³/mol. The van der Waals surface area contributed by atoms with Gasteiger partial charge in [0.25, 0.3) is 17.7 Å². The maximum atomic E-state index is 14.6. The van der Waals surface area contributed by atoms with Crippen LogP contribution in [-0.2, 0) is 40.1 Å². The number of carboxylic acids is 3. The van der Waals surface area contributed by atoms with Crippen molar-refractivity contribution in [2.24, 2.45) is 11.8 Å². The number of carboxylic acid groups (broad SMARTS) is 3. The lowest BCUT2D eigenvalue weighted by molar-refractivity contribution is -0.145. The van der Waals surface area contributed by atoms with E-state index in [9.17, 15) is 63.6 Å². The minimum Gasteiger partial charge on any atom is -0.481 e. The Morgan fingerprint density at radius 3 is 2.06 bits per heavy atom. The molecule has 1 aromatic carbocycles. The molecular weight excluding hydrogens is 1400 g/mol. The highest BCUT2D eigenvalue weighted by atomic mass is 32.1. The number of anilines is 1. The van der Waals surface area contributed by atoms with Crippen molar-refractivity contribution >= 4 is 127 Å². The minimum atomic E-state index is -1.33. The number of unbranched alkanes of at least 4 members (excludes halogenated alkanes) is 2. The van der Waals surface area contributed by atoms with Gasteiger partial charge in [-0.1, -0.05) is 44.2 Å². The molecule has 28 nitrogen and oxygen atoms in total. The summed E-state index contributed by atoms with van der Waals surface area (Å²) in [7, 11) is 2.91. The summed E-state index contributed by atoms with van der Waals surface area (Å²) in [6, 6.07) is 9.14. The number of aromatic nitrogens is 7. The van der Waals surface area contributed by atoms with E-state index in [1.54, 1.807) is 70.9 Å². The van der Waals surface area contributed by atoms with Crippen molar-refractivity contribution in [1.29, 1.82) is 0 Å². The van der Waals surface area contributed by atoms with E-state index in [-0.39, 0.29) is 117 Å². The van der Waals surface area contributed by atoms with Crippen LogP contribution >= 0.6 is 68.0 Å². The van der Waals surface area contributed by atoms with E-state index in [2.05, 4.69) is 26.6 Å². The lowest BCUT2D eigenvalue weighted by Crippen LogP contribution is -2.45. The maximum Gasteiger partial charge on any atom is 0.416 e. The number of fused-ring (bicyclic) bond motifs is 14. The molecular formula is C65H71N13O15S6. The van der Waals surface area contributed by atoms with Gasteiger partial charge in [-0.3, -0.25) is 43.3 Å². The molecule has 1 aliphatic carbocycles. The summed E-state index contributed by atoms with van der Waals surface area (Å²) in [6.45, 7) is 4.84. The SMILES string of the molecule is CNC(=O)C[C@@H]1NC(=O)c2csc(n2)-c2ccc(-c3nc(N(CCCCC(=O)O)C(=O)OC4(CCCCC(=O)O)CCC(C(=O)O)CC4)cs3)nc2-c2csc(n2)-c2csc(n2)[C@H]([C@@H](O)c2ccccc2)NC(=O)CNC(=O)c2nc(sc2COC)[C@H](C(C)C)NC(=O)c2nc1sc2C. The molecule has 10 rings (SSSR count). The van der Waals surface area contributed by atoms with Crippen LogP contribution in [0.5, 0.6) is 0 Å². The Hall–Kier alpha value is -8.90. The van der Waals surface area contributed by atoms with Crippen LogP contribution in [-0.4, -0.2) is 142 Å². The normalized spacial score (nSPS) is 18.7. The molecule has 2 aliphatic rings. The van der Waals surface area contributed by atoms with Crippen molar-refractivity contribution in [3.05, 3.63) is 111 Å². The van der Waals surface area contributed by atoms with Crippen LogP contribution in [0.2, 0.25) is 0 Å². The Morgan fingerprint density at radius 2 is 1.35 bits per heavy atom. The quantitative estimate of drug-likeness (QED) is 0.0302. The van der Waals surface area contributed by atoms with Crippen LogP contribution in [0, 0.1) is 18.8 Å². The second kappa shape index (κ2) is 32.8. The molecule has 99 heavy (non-hydrogen) atoms. The molecule has 0 saturated heterocycles. The molecule has 0 spiro atoms. The molecule has 6 amide bonds. The Labute approximate surface area is 591 Å². The summed E-state index contributed by atoms with van der Waals surface area (Å²) in [6.07, 6.45) is -0.304. The van der Waals surface area contributed by atoms with Gasteiger partial charge in [0.05, 0.1) is 48.1 Å². The number of aryl methyl sites for hydroxylation is 1. The Kier molecular flexibility index (Phi) is 24.2. The largest absolute Gasteiger partial charge is 0.481 e. The van der Waals surface area contributed by atoms with Crippen LogP contribution in [0.4, 0.5) is 10.6 Å². The number of methoxy groups -OCH3 is 1. The van der Waals surface area contributed by atoms with Gasteiger partial charge in [-0.15, -0.1) is 68.0 Å². The second-order valence-electron chi connectivity index (χ2n) is 23.9. The van der Waals surface area contributed by atoms with Crippen molar-refractivity contribution in [1.82, 2.24) is 61.5 Å².